The SMILES string of the molecule is COC(=O)CCCCCCNC(=O)C1CCN(C(=O)c2ccco2)CC1.[HH]. The average molecular weight is 366 g/mol. The number of piperidine rings is 1. The number of hydrogen-bond acceptors (Lipinski definition) is 5. The fourth-order valence-corrected chi connectivity index (χ4v) is 3.11. The summed E-state index contributed by atoms with van der Waals surface area (Å²) in [6.07, 6.45) is 6.97. The zero-order valence-electron chi connectivity index (χ0n) is 15.4. The molecule has 0 atom stereocenters. The number of nitrogens with one attached hydrogen (secondary N) is 1. The predicted molar refractivity (Wildman–Crippen MR) is 97.6 cm³/mol. The fourth-order valence-electron chi connectivity index (χ4n) is 3.11. The minimum atomic E-state index is -0.171. The van der Waals surface area contributed by atoms with Crippen LogP contribution in [0.15, 0.2) is 22.8 Å². The van der Waals surface area contributed by atoms with Crippen LogP contribution < -0.4 is 5.32 Å². The number of furan rings is 1. The van der Waals surface area contributed by atoms with E-state index in [4.69, 9.17) is 4.42 Å². The first-order chi connectivity index (χ1) is 12.6. The molecular formula is C19H30N2O5. The number of amides is 2. The molecule has 2 amide bonds. The summed E-state index contributed by atoms with van der Waals surface area (Å²) >= 11 is 0. The summed E-state index contributed by atoms with van der Waals surface area (Å²) in [5.41, 5.74) is 0. The number of methoxy groups -OCH3 is 1. The Balaban J connectivity index is 0.00000364. The fraction of sp³-hybridized carbons (Fsp3) is 0.632. The van der Waals surface area contributed by atoms with Gasteiger partial charge in [-0.3, -0.25) is 14.4 Å². The maximum Gasteiger partial charge on any atom is 0.305 e. The second kappa shape index (κ2) is 10.6. The van der Waals surface area contributed by atoms with E-state index in [9.17, 15) is 14.4 Å². The van der Waals surface area contributed by atoms with Crippen LogP contribution in [-0.2, 0) is 14.3 Å². The van der Waals surface area contributed by atoms with Gasteiger partial charge in [0.25, 0.3) is 5.91 Å². The second-order valence-electron chi connectivity index (χ2n) is 6.58. The quantitative estimate of drug-likeness (QED) is 0.536. The van der Waals surface area contributed by atoms with Crippen molar-refractivity contribution >= 4 is 17.8 Å². The van der Waals surface area contributed by atoms with Crippen LogP contribution in [-0.4, -0.2) is 49.4 Å². The van der Waals surface area contributed by atoms with Crippen LogP contribution in [0.2, 0.25) is 0 Å². The van der Waals surface area contributed by atoms with Crippen LogP contribution in [0.25, 0.3) is 0 Å². The molecule has 1 aliphatic rings. The van der Waals surface area contributed by atoms with E-state index in [1.54, 1.807) is 17.0 Å². The molecule has 0 spiro atoms. The number of rotatable bonds is 9. The van der Waals surface area contributed by atoms with Gasteiger partial charge in [-0.2, -0.15) is 0 Å². The lowest BCUT2D eigenvalue weighted by Crippen LogP contribution is -2.43. The van der Waals surface area contributed by atoms with E-state index in [1.807, 2.05) is 0 Å². The van der Waals surface area contributed by atoms with Gasteiger partial charge in [-0.15, -0.1) is 0 Å². The molecule has 0 aliphatic carbocycles. The summed E-state index contributed by atoms with van der Waals surface area (Å²) in [7, 11) is 1.40. The monoisotopic (exact) mass is 366 g/mol. The lowest BCUT2D eigenvalue weighted by atomic mass is 9.95. The van der Waals surface area contributed by atoms with Gasteiger partial charge in [0.15, 0.2) is 5.76 Å². The van der Waals surface area contributed by atoms with Crippen molar-refractivity contribution in [1.82, 2.24) is 10.2 Å². The molecule has 1 aliphatic heterocycles. The number of likely N-dealkylation sites (tertiary alicyclic amines) is 1. The molecule has 0 bridgehead atoms. The maximum atomic E-state index is 12.2. The predicted octanol–water partition coefficient (Wildman–Crippen LogP) is 2.62. The molecule has 1 fully saturated rings. The number of nitrogens with zero attached hydrogens (tertiary/aromatic N) is 1. The van der Waals surface area contributed by atoms with E-state index in [1.165, 1.54) is 13.4 Å². The zero-order valence-corrected chi connectivity index (χ0v) is 15.4. The van der Waals surface area contributed by atoms with Crippen LogP contribution in [0.3, 0.4) is 0 Å². The molecule has 1 N–H and O–H groups in total. The molecule has 0 unspecified atom stereocenters. The summed E-state index contributed by atoms with van der Waals surface area (Å²) in [4.78, 5) is 37.2. The molecule has 7 nitrogen and oxygen atoms in total. The van der Waals surface area contributed by atoms with Gasteiger partial charge >= 0.3 is 5.97 Å². The van der Waals surface area contributed by atoms with Crippen molar-refractivity contribution in [1.29, 1.82) is 0 Å². The average Bonchev–Trinajstić information content (AvgIpc) is 3.21. The van der Waals surface area contributed by atoms with Gasteiger partial charge in [0, 0.05) is 33.4 Å². The third-order valence-corrected chi connectivity index (χ3v) is 4.72. The van der Waals surface area contributed by atoms with Crippen molar-refractivity contribution in [2.45, 2.75) is 44.9 Å². The molecule has 0 saturated carbocycles. The first-order valence-electron chi connectivity index (χ1n) is 9.29. The van der Waals surface area contributed by atoms with Crippen LogP contribution in [0.1, 0.15) is 56.9 Å². The normalized spacial score (nSPS) is 14.9. The van der Waals surface area contributed by atoms with Crippen molar-refractivity contribution < 1.29 is 25.0 Å². The van der Waals surface area contributed by atoms with Gasteiger partial charge in [0.2, 0.25) is 5.91 Å². The number of hydrogen-bond donors (Lipinski definition) is 1. The molecular weight excluding hydrogens is 336 g/mol. The summed E-state index contributed by atoms with van der Waals surface area (Å²) in [6.45, 7) is 1.80. The Morgan fingerprint density at radius 2 is 1.96 bits per heavy atom. The Kier molecular flexibility index (Phi) is 8.18. The third kappa shape index (κ3) is 6.20. The van der Waals surface area contributed by atoms with Crippen molar-refractivity contribution in [3.05, 3.63) is 24.2 Å². The first-order valence-corrected chi connectivity index (χ1v) is 9.29. The van der Waals surface area contributed by atoms with Crippen LogP contribution in [0.5, 0.6) is 0 Å². The molecule has 0 radical (unpaired) electrons. The van der Waals surface area contributed by atoms with E-state index in [2.05, 4.69) is 10.1 Å². The molecule has 26 heavy (non-hydrogen) atoms. The number of carbonyl (C=O) groups excluding carboxylic acids is 3. The topological polar surface area (TPSA) is 88.9 Å². The molecule has 0 aromatic carbocycles. The van der Waals surface area contributed by atoms with Crippen molar-refractivity contribution in [3.63, 3.8) is 0 Å². The van der Waals surface area contributed by atoms with Crippen LogP contribution >= 0.6 is 0 Å². The van der Waals surface area contributed by atoms with Crippen LogP contribution in [0, 0.1) is 5.92 Å². The number of esters is 1. The molecule has 1 aromatic heterocycles. The lowest BCUT2D eigenvalue weighted by Gasteiger charge is -2.30. The highest BCUT2D eigenvalue weighted by Crippen LogP contribution is 2.19. The van der Waals surface area contributed by atoms with Gasteiger partial charge in [-0.05, 0) is 37.8 Å². The summed E-state index contributed by atoms with van der Waals surface area (Å²) < 4.78 is 9.73. The standard InChI is InChI=1S/C19H28N2O5.H2/c1-25-17(22)8-4-2-3-5-11-20-18(23)15-9-12-21(13-10-15)19(24)16-7-6-14-26-16;/h6-7,14-15H,2-5,8-13H2,1H3,(H,20,23);1H. The van der Waals surface area contributed by atoms with Crippen molar-refractivity contribution in [3.8, 4) is 0 Å². The molecule has 1 aromatic rings. The van der Waals surface area contributed by atoms with E-state index in [0.717, 1.165) is 25.7 Å². The highest BCUT2D eigenvalue weighted by molar-refractivity contribution is 5.91. The third-order valence-electron chi connectivity index (χ3n) is 4.72. The van der Waals surface area contributed by atoms with E-state index >= 15 is 0 Å². The second-order valence-corrected chi connectivity index (χ2v) is 6.58. The Hall–Kier alpha value is -2.31. The highest BCUT2D eigenvalue weighted by Gasteiger charge is 2.28. The van der Waals surface area contributed by atoms with Crippen molar-refractivity contribution in [2.75, 3.05) is 26.7 Å². The van der Waals surface area contributed by atoms with Gasteiger partial charge in [-0.25, -0.2) is 0 Å². The smallest absolute Gasteiger partial charge is 0.305 e. The molecule has 146 valence electrons. The molecule has 2 rings (SSSR count). The number of ether oxygens (including phenoxy) is 1. The number of unbranched alkanes of at least 4 members (excludes halogenated alkanes) is 3. The van der Waals surface area contributed by atoms with E-state index < -0.39 is 0 Å². The Bertz CT molecular complexity index is 583. The zero-order chi connectivity index (χ0) is 18.8. The summed E-state index contributed by atoms with van der Waals surface area (Å²) in [5, 5.41) is 2.98. The minimum Gasteiger partial charge on any atom is -0.469 e. The Morgan fingerprint density at radius 1 is 1.23 bits per heavy atom. The van der Waals surface area contributed by atoms with Gasteiger partial charge in [0.1, 0.15) is 0 Å². The van der Waals surface area contributed by atoms with E-state index in [-0.39, 0.29) is 25.1 Å². The molecule has 1 saturated heterocycles. The Morgan fingerprint density at radius 3 is 2.62 bits per heavy atom. The minimum absolute atomic E-state index is 0. The largest absolute Gasteiger partial charge is 0.469 e. The summed E-state index contributed by atoms with van der Waals surface area (Å²) in [6, 6.07) is 3.36. The molecule has 7 heteroatoms. The summed E-state index contributed by atoms with van der Waals surface area (Å²) in [5.74, 6) is 0.107. The molecule has 2 heterocycles. The number of carbonyl (C=O) groups is 3. The first kappa shape index (κ1) is 20.0. The highest BCUT2D eigenvalue weighted by atomic mass is 16.5. The van der Waals surface area contributed by atoms with Gasteiger partial charge < -0.3 is 19.4 Å². The van der Waals surface area contributed by atoms with Gasteiger partial charge in [-0.1, -0.05) is 12.8 Å². The lowest BCUT2D eigenvalue weighted by molar-refractivity contribution is -0.140. The van der Waals surface area contributed by atoms with E-state index in [0.29, 0.717) is 44.7 Å². The van der Waals surface area contributed by atoms with Gasteiger partial charge in [0.05, 0.1) is 13.4 Å². The van der Waals surface area contributed by atoms with Crippen LogP contribution in [0.4, 0.5) is 0 Å². The Labute approximate surface area is 155 Å². The maximum absolute atomic E-state index is 12.2. The van der Waals surface area contributed by atoms with Crippen molar-refractivity contribution in [2.24, 2.45) is 5.92 Å².